The largest absolute Gasteiger partial charge is 0.394 e. The first-order chi connectivity index (χ1) is 16.6. The smallest absolute Gasteiger partial charge is 0.0863 e. The second kappa shape index (κ2) is 10.4. The summed E-state index contributed by atoms with van der Waals surface area (Å²) in [5, 5.41) is 18.5. The predicted octanol–water partition coefficient (Wildman–Crippen LogP) is 4.94. The fourth-order valence-corrected chi connectivity index (χ4v) is 5.20. The van der Waals surface area contributed by atoms with Crippen LogP contribution in [0, 0.1) is 0 Å². The molecule has 0 bridgehead atoms. The van der Waals surface area contributed by atoms with Gasteiger partial charge in [-0.15, -0.1) is 5.10 Å². The fourth-order valence-electron chi connectivity index (χ4n) is 5.20. The van der Waals surface area contributed by atoms with Gasteiger partial charge in [0, 0.05) is 12.6 Å². The average molecular weight is 462 g/mol. The number of aromatic nitrogens is 3. The molecule has 2 aliphatic heterocycles. The Morgan fingerprint density at radius 3 is 2.44 bits per heavy atom. The number of aliphatic hydroxyl groups excluding tert-OH is 1. The molecule has 1 N–H and O–H groups in total. The summed E-state index contributed by atoms with van der Waals surface area (Å²) in [5.74, 6) is 0.331. The lowest BCUT2D eigenvalue weighted by molar-refractivity contribution is -0.209. The van der Waals surface area contributed by atoms with E-state index in [1.165, 1.54) is 16.7 Å². The molecule has 2 aromatic carbocycles. The third-order valence-electron chi connectivity index (χ3n) is 7.25. The van der Waals surface area contributed by atoms with Gasteiger partial charge in [0.2, 0.25) is 0 Å². The maximum Gasteiger partial charge on any atom is 0.0863 e. The monoisotopic (exact) mass is 461 g/mol. The second-order valence-electron chi connectivity index (χ2n) is 9.95. The molecule has 0 amide bonds. The van der Waals surface area contributed by atoms with Crippen LogP contribution in [-0.2, 0) is 15.9 Å². The Morgan fingerprint density at radius 2 is 1.74 bits per heavy atom. The minimum Gasteiger partial charge on any atom is -0.394 e. The molecular weight excluding hydrogens is 426 g/mol. The molecular formula is C28H35N3O3. The summed E-state index contributed by atoms with van der Waals surface area (Å²) >= 11 is 0. The summed E-state index contributed by atoms with van der Waals surface area (Å²) in [6, 6.07) is 19.4. The quantitative estimate of drug-likeness (QED) is 0.540. The third-order valence-corrected chi connectivity index (χ3v) is 7.25. The molecule has 0 saturated carbocycles. The van der Waals surface area contributed by atoms with Gasteiger partial charge in [0.1, 0.15) is 0 Å². The van der Waals surface area contributed by atoms with Gasteiger partial charge in [-0.1, -0.05) is 73.7 Å². The van der Waals surface area contributed by atoms with Gasteiger partial charge in [-0.05, 0) is 48.3 Å². The zero-order chi connectivity index (χ0) is 23.5. The van der Waals surface area contributed by atoms with Crippen LogP contribution in [0.15, 0.2) is 60.8 Å². The Hall–Kier alpha value is -2.54. The van der Waals surface area contributed by atoms with Crippen molar-refractivity contribution in [3.8, 4) is 11.1 Å². The number of aryl methyl sites for hydroxylation is 1. The fraction of sp³-hybridized carbons (Fsp3) is 0.500. The molecule has 34 heavy (non-hydrogen) atoms. The number of aliphatic hydroxyl groups is 1. The van der Waals surface area contributed by atoms with Crippen molar-refractivity contribution in [3.05, 3.63) is 72.1 Å². The molecule has 1 aromatic heterocycles. The number of hydrogen-bond donors (Lipinski definition) is 1. The van der Waals surface area contributed by atoms with Crippen molar-refractivity contribution in [2.75, 3.05) is 6.61 Å². The number of benzene rings is 2. The molecule has 3 aromatic rings. The van der Waals surface area contributed by atoms with Gasteiger partial charge in [0.05, 0.1) is 42.8 Å². The molecule has 0 unspecified atom stereocenters. The summed E-state index contributed by atoms with van der Waals surface area (Å²) < 4.78 is 14.8. The first kappa shape index (κ1) is 23.2. The van der Waals surface area contributed by atoms with Crippen LogP contribution in [0.3, 0.4) is 0 Å². The first-order valence-corrected chi connectivity index (χ1v) is 12.6. The summed E-state index contributed by atoms with van der Waals surface area (Å²) in [6.07, 6.45) is 6.56. The van der Waals surface area contributed by atoms with Crippen molar-refractivity contribution >= 4 is 0 Å². The van der Waals surface area contributed by atoms with Crippen molar-refractivity contribution in [1.82, 2.24) is 15.0 Å². The van der Waals surface area contributed by atoms with E-state index in [1.54, 1.807) is 0 Å². The Labute approximate surface area is 201 Å². The number of rotatable bonds is 7. The van der Waals surface area contributed by atoms with E-state index in [0.29, 0.717) is 5.92 Å². The Morgan fingerprint density at radius 1 is 0.971 bits per heavy atom. The van der Waals surface area contributed by atoms with Gasteiger partial charge >= 0.3 is 0 Å². The van der Waals surface area contributed by atoms with E-state index in [4.69, 9.17) is 9.47 Å². The minimum absolute atomic E-state index is 0.0102. The van der Waals surface area contributed by atoms with Crippen molar-refractivity contribution in [1.29, 1.82) is 0 Å². The van der Waals surface area contributed by atoms with Gasteiger partial charge in [-0.25, -0.2) is 4.68 Å². The van der Waals surface area contributed by atoms with E-state index < -0.39 is 0 Å². The van der Waals surface area contributed by atoms with Crippen LogP contribution in [0.1, 0.15) is 62.7 Å². The molecule has 5 atom stereocenters. The highest BCUT2D eigenvalue weighted by molar-refractivity contribution is 5.63. The van der Waals surface area contributed by atoms with Crippen LogP contribution < -0.4 is 0 Å². The van der Waals surface area contributed by atoms with Gasteiger partial charge in [-0.2, -0.15) is 0 Å². The van der Waals surface area contributed by atoms with Crippen LogP contribution in [0.2, 0.25) is 0 Å². The lowest BCUT2D eigenvalue weighted by Gasteiger charge is -2.45. The Kier molecular flexibility index (Phi) is 7.09. The molecule has 2 aliphatic rings. The predicted molar refractivity (Wildman–Crippen MR) is 132 cm³/mol. The summed E-state index contributed by atoms with van der Waals surface area (Å²) in [7, 11) is 0. The van der Waals surface area contributed by atoms with Crippen molar-refractivity contribution in [2.45, 2.75) is 82.3 Å². The summed E-state index contributed by atoms with van der Waals surface area (Å²) in [4.78, 5) is 0. The topological polar surface area (TPSA) is 69.4 Å². The van der Waals surface area contributed by atoms with Crippen molar-refractivity contribution in [2.24, 2.45) is 0 Å². The molecule has 0 aliphatic carbocycles. The van der Waals surface area contributed by atoms with Gasteiger partial charge in [-0.3, -0.25) is 0 Å². The number of nitrogens with zero attached hydrogens (tertiary/aromatic N) is 3. The Balaban J connectivity index is 1.30. The highest BCUT2D eigenvalue weighted by atomic mass is 16.6. The van der Waals surface area contributed by atoms with E-state index in [1.807, 2.05) is 10.7 Å². The number of fused-ring (bicyclic) bond motifs is 1. The number of hydrogen-bond acceptors (Lipinski definition) is 5. The van der Waals surface area contributed by atoms with E-state index in [-0.39, 0.29) is 37.1 Å². The molecule has 180 valence electrons. The Bertz CT molecular complexity index is 1050. The zero-order valence-electron chi connectivity index (χ0n) is 20.1. The highest BCUT2D eigenvalue weighted by Crippen LogP contribution is 2.38. The standard InChI is InChI=1S/C28H35N3O3/c1-19(2)24-17-31(30-29-24)25-16-28-27(15-13-23(18-32)33-28)34-26(25)14-10-20-8-11-22(12-9-20)21-6-4-3-5-7-21/h3-9,11-12,17,19,23,25-28,32H,10,13-16,18H2,1-2H3/t23-,25-,26+,27-,28-/m0/s1. The molecule has 2 fully saturated rings. The lowest BCUT2D eigenvalue weighted by atomic mass is 9.88. The summed E-state index contributed by atoms with van der Waals surface area (Å²) in [5.41, 5.74) is 4.78. The van der Waals surface area contributed by atoms with Gasteiger partial charge in [0.15, 0.2) is 0 Å². The van der Waals surface area contributed by atoms with Crippen molar-refractivity contribution < 1.29 is 14.6 Å². The van der Waals surface area contributed by atoms with E-state index >= 15 is 0 Å². The minimum atomic E-state index is -0.0906. The highest BCUT2D eigenvalue weighted by Gasteiger charge is 2.43. The van der Waals surface area contributed by atoms with Crippen LogP contribution in [-0.4, -0.2) is 51.1 Å². The van der Waals surface area contributed by atoms with E-state index in [0.717, 1.165) is 37.8 Å². The lowest BCUT2D eigenvalue weighted by Crippen LogP contribution is -2.51. The third kappa shape index (κ3) is 5.09. The summed E-state index contributed by atoms with van der Waals surface area (Å²) in [6.45, 7) is 4.33. The molecule has 5 rings (SSSR count). The van der Waals surface area contributed by atoms with Crippen LogP contribution in [0.4, 0.5) is 0 Å². The molecule has 0 radical (unpaired) electrons. The van der Waals surface area contributed by atoms with Crippen LogP contribution >= 0.6 is 0 Å². The zero-order valence-corrected chi connectivity index (χ0v) is 20.1. The van der Waals surface area contributed by atoms with E-state index in [2.05, 4.69) is 78.9 Å². The van der Waals surface area contributed by atoms with Crippen LogP contribution in [0.5, 0.6) is 0 Å². The van der Waals surface area contributed by atoms with E-state index in [9.17, 15) is 5.11 Å². The molecule has 6 nitrogen and oxygen atoms in total. The normalized spacial score (nSPS) is 27.0. The van der Waals surface area contributed by atoms with Crippen LogP contribution in [0.25, 0.3) is 11.1 Å². The maximum absolute atomic E-state index is 9.59. The average Bonchev–Trinajstić information content (AvgIpc) is 3.38. The second-order valence-corrected chi connectivity index (χ2v) is 9.95. The maximum atomic E-state index is 9.59. The molecule has 0 spiro atoms. The van der Waals surface area contributed by atoms with Gasteiger partial charge < -0.3 is 14.6 Å². The number of ether oxygens (including phenoxy) is 2. The molecule has 6 heteroatoms. The molecule has 2 saturated heterocycles. The first-order valence-electron chi connectivity index (χ1n) is 12.6. The molecule has 3 heterocycles. The SMILES string of the molecule is CC(C)c1cn([C@H]2C[C@@H]3O[C@H](CO)CC[C@@H]3O[C@@H]2CCc2ccc(-c3ccccc3)cc2)nn1. The van der Waals surface area contributed by atoms with Crippen molar-refractivity contribution in [3.63, 3.8) is 0 Å². The van der Waals surface area contributed by atoms with Gasteiger partial charge in [0.25, 0.3) is 0 Å².